The molecule has 1 aromatic rings. The van der Waals surface area contributed by atoms with Crippen molar-refractivity contribution in [1.82, 2.24) is 4.72 Å². The molecule has 112 valence electrons. The van der Waals surface area contributed by atoms with E-state index < -0.39 is 16.0 Å². The molecule has 0 aromatic heterocycles. The second kappa shape index (κ2) is 7.37. The van der Waals surface area contributed by atoms with Gasteiger partial charge in [0.25, 0.3) is 0 Å². The Bertz CT molecular complexity index is 554. The van der Waals surface area contributed by atoms with Crippen LogP contribution in [0.3, 0.4) is 0 Å². The van der Waals surface area contributed by atoms with Gasteiger partial charge in [-0.15, -0.1) is 0 Å². The van der Waals surface area contributed by atoms with Crippen molar-refractivity contribution in [3.8, 4) is 0 Å². The summed E-state index contributed by atoms with van der Waals surface area (Å²) in [7, 11) is -3.82. The molecule has 0 fully saturated rings. The molecular weight excluding hydrogens is 282 g/mol. The number of nitrogens with one attached hydrogen (secondary N) is 1. The minimum Gasteiger partial charge on any atom is -0.478 e. The van der Waals surface area contributed by atoms with E-state index in [1.54, 1.807) is 0 Å². The summed E-state index contributed by atoms with van der Waals surface area (Å²) in [4.78, 5) is 10.8. The van der Waals surface area contributed by atoms with E-state index in [4.69, 9.17) is 9.84 Å². The average molecular weight is 301 g/mol. The molecule has 0 aliphatic rings. The smallest absolute Gasteiger partial charge is 0.337 e. The highest BCUT2D eigenvalue weighted by Crippen LogP contribution is 2.15. The predicted octanol–water partition coefficient (Wildman–Crippen LogP) is 1.48. The summed E-state index contributed by atoms with van der Waals surface area (Å²) in [5.74, 6) is -1.27. The number of benzene rings is 1. The van der Waals surface area contributed by atoms with E-state index in [-0.39, 0.29) is 23.1 Å². The number of hydrogen-bond donors (Lipinski definition) is 2. The maximum Gasteiger partial charge on any atom is 0.337 e. The van der Waals surface area contributed by atoms with Crippen LogP contribution in [0.5, 0.6) is 0 Å². The third-order valence-corrected chi connectivity index (χ3v) is 3.99. The number of sulfonamides is 1. The van der Waals surface area contributed by atoms with Crippen molar-refractivity contribution in [3.05, 3.63) is 29.8 Å². The Balaban J connectivity index is 2.68. The fourth-order valence-electron chi connectivity index (χ4n) is 1.55. The lowest BCUT2D eigenvalue weighted by atomic mass is 10.2. The molecule has 20 heavy (non-hydrogen) atoms. The van der Waals surface area contributed by atoms with E-state index in [0.29, 0.717) is 13.0 Å². The summed E-state index contributed by atoms with van der Waals surface area (Å²) in [5.41, 5.74) is -0.238. The fourth-order valence-corrected chi connectivity index (χ4v) is 2.82. The van der Waals surface area contributed by atoms with E-state index in [1.165, 1.54) is 24.3 Å². The Morgan fingerprint density at radius 1 is 1.35 bits per heavy atom. The highest BCUT2D eigenvalue weighted by Gasteiger charge is 2.20. The van der Waals surface area contributed by atoms with Gasteiger partial charge in [-0.1, -0.05) is 12.1 Å². The van der Waals surface area contributed by atoms with Crippen LogP contribution in [0.4, 0.5) is 0 Å². The van der Waals surface area contributed by atoms with Gasteiger partial charge in [0, 0.05) is 13.2 Å². The van der Waals surface area contributed by atoms with Gasteiger partial charge in [0.05, 0.1) is 16.6 Å². The maximum atomic E-state index is 12.0. The topological polar surface area (TPSA) is 92.7 Å². The Morgan fingerprint density at radius 2 is 2.00 bits per heavy atom. The van der Waals surface area contributed by atoms with Gasteiger partial charge < -0.3 is 9.84 Å². The summed E-state index contributed by atoms with van der Waals surface area (Å²) in [6, 6.07) is 5.51. The largest absolute Gasteiger partial charge is 0.478 e. The summed E-state index contributed by atoms with van der Waals surface area (Å²) in [6.45, 7) is 4.43. The van der Waals surface area contributed by atoms with E-state index in [2.05, 4.69) is 4.72 Å². The van der Waals surface area contributed by atoms with Crippen LogP contribution in [0.25, 0.3) is 0 Å². The molecule has 0 atom stereocenters. The first-order chi connectivity index (χ1) is 9.34. The van der Waals surface area contributed by atoms with Crippen molar-refractivity contribution in [2.75, 3.05) is 13.2 Å². The van der Waals surface area contributed by atoms with Crippen LogP contribution in [-0.4, -0.2) is 38.7 Å². The molecule has 7 heteroatoms. The minimum atomic E-state index is -3.82. The Kier molecular flexibility index (Phi) is 6.12. The third kappa shape index (κ3) is 4.92. The monoisotopic (exact) mass is 301 g/mol. The van der Waals surface area contributed by atoms with Gasteiger partial charge in [0.15, 0.2) is 0 Å². The molecule has 1 rings (SSSR count). The van der Waals surface area contributed by atoms with E-state index >= 15 is 0 Å². The lowest BCUT2D eigenvalue weighted by molar-refractivity contribution is 0.0692. The van der Waals surface area contributed by atoms with Gasteiger partial charge in [-0.3, -0.25) is 0 Å². The number of rotatable bonds is 8. The molecule has 0 saturated carbocycles. The van der Waals surface area contributed by atoms with Crippen molar-refractivity contribution in [1.29, 1.82) is 0 Å². The highest BCUT2D eigenvalue weighted by molar-refractivity contribution is 7.89. The molecule has 0 amide bonds. The first-order valence-electron chi connectivity index (χ1n) is 6.28. The number of carbonyl (C=O) groups is 1. The number of ether oxygens (including phenoxy) is 1. The van der Waals surface area contributed by atoms with Crippen LogP contribution in [0, 0.1) is 0 Å². The van der Waals surface area contributed by atoms with E-state index in [1.807, 2.05) is 13.8 Å². The minimum absolute atomic E-state index is 0.0966. The molecule has 0 bridgehead atoms. The van der Waals surface area contributed by atoms with Gasteiger partial charge in [-0.2, -0.15) is 0 Å². The molecule has 0 spiro atoms. The third-order valence-electron chi connectivity index (χ3n) is 2.47. The number of carboxylic acids is 1. The van der Waals surface area contributed by atoms with Crippen LogP contribution in [0.1, 0.15) is 30.6 Å². The lowest BCUT2D eigenvalue weighted by Gasteiger charge is -2.10. The summed E-state index contributed by atoms with van der Waals surface area (Å²) in [6.07, 6.45) is 0.617. The number of carboxylic acid groups (broad SMARTS) is 1. The SMILES string of the molecule is CC(C)OCCCNS(=O)(=O)c1ccccc1C(=O)O. The summed E-state index contributed by atoms with van der Waals surface area (Å²) >= 11 is 0. The molecule has 0 heterocycles. The Morgan fingerprint density at radius 3 is 2.60 bits per heavy atom. The quantitative estimate of drug-likeness (QED) is 0.709. The molecular formula is C13H19NO5S. The zero-order chi connectivity index (χ0) is 15.2. The molecule has 0 unspecified atom stereocenters. The van der Waals surface area contributed by atoms with Crippen LogP contribution in [-0.2, 0) is 14.8 Å². The normalized spacial score (nSPS) is 11.8. The lowest BCUT2D eigenvalue weighted by Crippen LogP contribution is -2.27. The van der Waals surface area contributed by atoms with Gasteiger partial charge >= 0.3 is 5.97 Å². The molecule has 0 radical (unpaired) electrons. The van der Waals surface area contributed by atoms with Crippen molar-refractivity contribution in [3.63, 3.8) is 0 Å². The zero-order valence-corrected chi connectivity index (χ0v) is 12.3. The second-order valence-electron chi connectivity index (χ2n) is 4.47. The average Bonchev–Trinajstić information content (AvgIpc) is 2.37. The van der Waals surface area contributed by atoms with Crippen molar-refractivity contribution < 1.29 is 23.1 Å². The first kappa shape index (κ1) is 16.6. The number of aromatic carboxylic acids is 1. The van der Waals surface area contributed by atoms with Gasteiger partial charge in [0.1, 0.15) is 0 Å². The molecule has 6 nitrogen and oxygen atoms in total. The second-order valence-corrected chi connectivity index (χ2v) is 6.21. The molecule has 0 aliphatic carbocycles. The van der Waals surface area contributed by atoms with Gasteiger partial charge in [-0.05, 0) is 32.4 Å². The highest BCUT2D eigenvalue weighted by atomic mass is 32.2. The predicted molar refractivity (Wildman–Crippen MR) is 74.3 cm³/mol. The van der Waals surface area contributed by atoms with Crippen LogP contribution in [0.2, 0.25) is 0 Å². The Hall–Kier alpha value is -1.44. The summed E-state index contributed by atoms with van der Waals surface area (Å²) in [5, 5.41) is 8.99. The Labute approximate surface area is 118 Å². The molecule has 0 saturated heterocycles. The molecule has 2 N–H and O–H groups in total. The van der Waals surface area contributed by atoms with Crippen LogP contribution >= 0.6 is 0 Å². The van der Waals surface area contributed by atoms with Crippen molar-refractivity contribution in [2.45, 2.75) is 31.3 Å². The van der Waals surface area contributed by atoms with Crippen molar-refractivity contribution >= 4 is 16.0 Å². The van der Waals surface area contributed by atoms with Gasteiger partial charge in [0.2, 0.25) is 10.0 Å². The zero-order valence-electron chi connectivity index (χ0n) is 11.5. The molecule has 0 aliphatic heterocycles. The number of hydrogen-bond acceptors (Lipinski definition) is 4. The van der Waals surface area contributed by atoms with E-state index in [9.17, 15) is 13.2 Å². The van der Waals surface area contributed by atoms with E-state index in [0.717, 1.165) is 0 Å². The van der Waals surface area contributed by atoms with Crippen LogP contribution in [0.15, 0.2) is 29.2 Å². The fraction of sp³-hybridized carbons (Fsp3) is 0.462. The van der Waals surface area contributed by atoms with Crippen molar-refractivity contribution in [2.24, 2.45) is 0 Å². The standard InChI is InChI=1S/C13H19NO5S/c1-10(2)19-9-5-8-14-20(17,18)12-7-4-3-6-11(12)13(15)16/h3-4,6-7,10,14H,5,8-9H2,1-2H3,(H,15,16). The first-order valence-corrected chi connectivity index (χ1v) is 7.76. The van der Waals surface area contributed by atoms with Gasteiger partial charge in [-0.25, -0.2) is 17.9 Å². The summed E-state index contributed by atoms with van der Waals surface area (Å²) < 4.78 is 31.7. The maximum absolute atomic E-state index is 12.0. The molecule has 1 aromatic carbocycles. The van der Waals surface area contributed by atoms with Crippen LogP contribution < -0.4 is 4.72 Å².